The summed E-state index contributed by atoms with van der Waals surface area (Å²) in [5.41, 5.74) is 4.51. The molecule has 0 aromatic heterocycles. The maximum Gasteiger partial charge on any atom is 0.416 e. The molecule has 0 saturated heterocycles. The fraction of sp³-hybridized carbons (Fsp3) is 0.250. The number of carbonyl (C=O) groups excluding carboxylic acids is 1. The second-order valence-electron chi connectivity index (χ2n) is 7.00. The van der Waals surface area contributed by atoms with Gasteiger partial charge in [0.15, 0.2) is 0 Å². The summed E-state index contributed by atoms with van der Waals surface area (Å²) in [6.07, 6.45) is -4.26. The van der Waals surface area contributed by atoms with E-state index in [1.807, 2.05) is 24.3 Å². The molecule has 1 N–H and O–H groups in total. The molecule has 0 saturated carbocycles. The minimum Gasteiger partial charge on any atom is -0.326 e. The Morgan fingerprint density at radius 1 is 1.08 bits per heavy atom. The highest BCUT2D eigenvalue weighted by molar-refractivity contribution is 6.83. The van der Waals surface area contributed by atoms with Crippen molar-refractivity contribution in [2.45, 2.75) is 32.2 Å². The Hall–Kier alpha value is -2.52. The molecule has 2 aromatic rings. The molecule has 0 atom stereocenters. The Labute approximate surface area is 152 Å². The fourth-order valence-corrected chi connectivity index (χ4v) is 2.67. The van der Waals surface area contributed by atoms with E-state index in [0.29, 0.717) is 5.69 Å². The van der Waals surface area contributed by atoms with E-state index in [1.165, 1.54) is 12.1 Å². The first-order valence-corrected chi connectivity index (χ1v) is 11.6. The molecular formula is C20H20F3NOSi. The van der Waals surface area contributed by atoms with Gasteiger partial charge < -0.3 is 5.32 Å². The summed E-state index contributed by atoms with van der Waals surface area (Å²) in [5, 5.41) is 2.61. The number of anilines is 1. The van der Waals surface area contributed by atoms with Crippen LogP contribution in [0.1, 0.15) is 16.7 Å². The smallest absolute Gasteiger partial charge is 0.326 e. The first-order valence-electron chi connectivity index (χ1n) is 8.12. The largest absolute Gasteiger partial charge is 0.416 e. The highest BCUT2D eigenvalue weighted by Crippen LogP contribution is 2.29. The molecule has 0 aliphatic rings. The molecule has 0 spiro atoms. The lowest BCUT2D eigenvalue weighted by atomic mass is 10.1. The molecule has 0 aliphatic heterocycles. The molecule has 2 rings (SSSR count). The van der Waals surface area contributed by atoms with Crippen LogP contribution in [-0.2, 0) is 17.4 Å². The Balaban J connectivity index is 2.02. The molecule has 1 amide bonds. The Morgan fingerprint density at radius 2 is 1.73 bits per heavy atom. The molecule has 6 heteroatoms. The number of amides is 1. The molecular weight excluding hydrogens is 355 g/mol. The number of alkyl halides is 3. The molecule has 26 heavy (non-hydrogen) atoms. The van der Waals surface area contributed by atoms with Crippen LogP contribution in [0.5, 0.6) is 0 Å². The van der Waals surface area contributed by atoms with Gasteiger partial charge in [0.2, 0.25) is 5.91 Å². The summed E-state index contributed by atoms with van der Waals surface area (Å²) in [4.78, 5) is 12.1. The third kappa shape index (κ3) is 6.41. The normalized spacial score (nSPS) is 11.5. The minimum atomic E-state index is -4.39. The average molecular weight is 375 g/mol. The lowest BCUT2D eigenvalue weighted by Crippen LogP contribution is -2.16. The van der Waals surface area contributed by atoms with E-state index in [-0.39, 0.29) is 12.3 Å². The zero-order chi connectivity index (χ0) is 19.4. The third-order valence-electron chi connectivity index (χ3n) is 3.37. The van der Waals surface area contributed by atoms with Crippen molar-refractivity contribution in [1.29, 1.82) is 0 Å². The van der Waals surface area contributed by atoms with Crippen LogP contribution in [0.15, 0.2) is 48.5 Å². The van der Waals surface area contributed by atoms with Gasteiger partial charge >= 0.3 is 6.18 Å². The Kier molecular flexibility index (Phi) is 5.93. The highest BCUT2D eigenvalue weighted by Gasteiger charge is 2.29. The lowest BCUT2D eigenvalue weighted by Gasteiger charge is -2.09. The van der Waals surface area contributed by atoms with E-state index in [2.05, 4.69) is 36.4 Å². The Morgan fingerprint density at radius 3 is 2.31 bits per heavy atom. The van der Waals surface area contributed by atoms with E-state index < -0.39 is 19.8 Å². The van der Waals surface area contributed by atoms with E-state index >= 15 is 0 Å². The van der Waals surface area contributed by atoms with E-state index in [4.69, 9.17) is 0 Å². The highest BCUT2D eigenvalue weighted by atomic mass is 28.3. The summed E-state index contributed by atoms with van der Waals surface area (Å²) in [6.45, 7) is 6.46. The van der Waals surface area contributed by atoms with Crippen molar-refractivity contribution >= 4 is 19.7 Å². The topological polar surface area (TPSA) is 29.1 Å². The van der Waals surface area contributed by atoms with Gasteiger partial charge in [0.1, 0.15) is 8.07 Å². The lowest BCUT2D eigenvalue weighted by molar-refractivity contribution is -0.137. The quantitative estimate of drug-likeness (QED) is 0.586. The molecule has 136 valence electrons. The maximum atomic E-state index is 12.5. The summed E-state index contributed by atoms with van der Waals surface area (Å²) < 4.78 is 37.6. The van der Waals surface area contributed by atoms with E-state index in [9.17, 15) is 18.0 Å². The van der Waals surface area contributed by atoms with Gasteiger partial charge in [-0.25, -0.2) is 0 Å². The van der Waals surface area contributed by atoms with Crippen molar-refractivity contribution in [2.75, 3.05) is 5.32 Å². The van der Waals surface area contributed by atoms with Crippen molar-refractivity contribution in [1.82, 2.24) is 0 Å². The van der Waals surface area contributed by atoms with Gasteiger partial charge in [-0.1, -0.05) is 37.7 Å². The molecule has 0 radical (unpaired) electrons. The number of carbonyl (C=O) groups is 1. The van der Waals surface area contributed by atoms with Crippen LogP contribution in [0.3, 0.4) is 0 Å². The number of hydrogen-bond donors (Lipinski definition) is 1. The van der Waals surface area contributed by atoms with Crippen LogP contribution < -0.4 is 5.32 Å². The van der Waals surface area contributed by atoms with Crippen LogP contribution in [0.2, 0.25) is 19.6 Å². The number of halogens is 3. The zero-order valence-electron chi connectivity index (χ0n) is 14.9. The minimum absolute atomic E-state index is 0.128. The zero-order valence-corrected chi connectivity index (χ0v) is 15.9. The second-order valence-corrected chi connectivity index (χ2v) is 11.8. The predicted octanol–water partition coefficient (Wildman–Crippen LogP) is 5.12. The van der Waals surface area contributed by atoms with Gasteiger partial charge in [-0.2, -0.15) is 13.2 Å². The van der Waals surface area contributed by atoms with Crippen molar-refractivity contribution in [3.05, 3.63) is 65.2 Å². The average Bonchev–Trinajstić information content (AvgIpc) is 2.52. The molecule has 0 unspecified atom stereocenters. The standard InChI is InChI=1S/C20H20F3NOSi/c1-26(2,3)12-11-15-5-4-6-16(13-15)14-19(25)24-18-9-7-17(8-10-18)20(21,22)23/h4-10,13H,14H2,1-3H3,(H,24,25). The summed E-state index contributed by atoms with van der Waals surface area (Å²) >= 11 is 0. The monoisotopic (exact) mass is 375 g/mol. The summed E-state index contributed by atoms with van der Waals surface area (Å²) in [6, 6.07) is 11.8. The number of hydrogen-bond acceptors (Lipinski definition) is 1. The number of benzene rings is 2. The van der Waals surface area contributed by atoms with E-state index in [1.54, 1.807) is 0 Å². The Bertz CT molecular complexity index is 840. The van der Waals surface area contributed by atoms with Crippen LogP contribution in [-0.4, -0.2) is 14.0 Å². The van der Waals surface area contributed by atoms with Crippen molar-refractivity contribution in [3.8, 4) is 11.5 Å². The first kappa shape index (κ1) is 19.8. The van der Waals surface area contributed by atoms with Gasteiger partial charge in [-0.3, -0.25) is 4.79 Å². The first-order chi connectivity index (χ1) is 12.0. The van der Waals surface area contributed by atoms with Gasteiger partial charge in [-0.05, 0) is 42.0 Å². The molecule has 2 aromatic carbocycles. The SMILES string of the molecule is C[Si](C)(C)C#Cc1cccc(CC(=O)Nc2ccc(C(F)(F)F)cc2)c1. The van der Waals surface area contributed by atoms with Gasteiger partial charge in [0.05, 0.1) is 12.0 Å². The number of rotatable bonds is 3. The fourth-order valence-electron chi connectivity index (χ4n) is 2.15. The molecule has 0 aliphatic carbocycles. The number of nitrogens with one attached hydrogen (secondary N) is 1. The van der Waals surface area contributed by atoms with Crippen LogP contribution in [0, 0.1) is 11.5 Å². The van der Waals surface area contributed by atoms with Gasteiger partial charge in [0.25, 0.3) is 0 Å². The van der Waals surface area contributed by atoms with Crippen molar-refractivity contribution in [2.24, 2.45) is 0 Å². The molecule has 0 heterocycles. The van der Waals surface area contributed by atoms with Crippen LogP contribution in [0.25, 0.3) is 0 Å². The van der Waals surface area contributed by atoms with Gasteiger partial charge in [0, 0.05) is 11.3 Å². The molecule has 0 bridgehead atoms. The summed E-state index contributed by atoms with van der Waals surface area (Å²) in [7, 11) is -1.48. The van der Waals surface area contributed by atoms with Crippen molar-refractivity contribution in [3.63, 3.8) is 0 Å². The van der Waals surface area contributed by atoms with Crippen molar-refractivity contribution < 1.29 is 18.0 Å². The predicted molar refractivity (Wildman–Crippen MR) is 100 cm³/mol. The van der Waals surface area contributed by atoms with Gasteiger partial charge in [-0.15, -0.1) is 5.54 Å². The van der Waals surface area contributed by atoms with E-state index in [0.717, 1.165) is 23.3 Å². The second kappa shape index (κ2) is 7.79. The molecule has 2 nitrogen and oxygen atoms in total. The third-order valence-corrected chi connectivity index (χ3v) is 4.24. The van der Waals surface area contributed by atoms with Crippen LogP contribution in [0.4, 0.5) is 18.9 Å². The summed E-state index contributed by atoms with van der Waals surface area (Å²) in [5.74, 6) is 2.85. The maximum absolute atomic E-state index is 12.5. The molecule has 0 fully saturated rings. The van der Waals surface area contributed by atoms with Crippen LogP contribution >= 0.6 is 0 Å².